The Kier molecular flexibility index (Phi) is 3.86. The molecule has 2 aromatic heterocycles. The molecule has 2 aromatic rings. The highest BCUT2D eigenvalue weighted by Crippen LogP contribution is 2.35. The Morgan fingerprint density at radius 3 is 3.05 bits per heavy atom. The number of ether oxygens (including phenoxy) is 1. The number of carbonyl (C=O) groups excluding carboxylic acids is 1. The van der Waals surface area contributed by atoms with Gasteiger partial charge in [-0.05, 0) is 26.2 Å². The second kappa shape index (κ2) is 5.65. The molecule has 1 fully saturated rings. The van der Waals surface area contributed by atoms with Crippen LogP contribution < -0.4 is 11.1 Å². The number of nitrogens with zero attached hydrogens (tertiary/aromatic N) is 2. The summed E-state index contributed by atoms with van der Waals surface area (Å²) in [5.74, 6) is -0.123. The predicted octanol–water partition coefficient (Wildman–Crippen LogP) is 1.82. The second-order valence-electron chi connectivity index (χ2n) is 5.43. The van der Waals surface area contributed by atoms with Crippen LogP contribution in [0.25, 0.3) is 10.2 Å². The lowest BCUT2D eigenvalue weighted by Gasteiger charge is -2.22. The number of amides is 1. The molecule has 0 radical (unpaired) electrons. The zero-order valence-corrected chi connectivity index (χ0v) is 13.1. The van der Waals surface area contributed by atoms with Crippen LogP contribution >= 0.6 is 11.3 Å². The van der Waals surface area contributed by atoms with Gasteiger partial charge in [-0.25, -0.2) is 0 Å². The van der Waals surface area contributed by atoms with Crippen molar-refractivity contribution in [2.45, 2.75) is 32.3 Å². The molecule has 3 rings (SSSR count). The van der Waals surface area contributed by atoms with Crippen molar-refractivity contribution in [3.05, 3.63) is 10.6 Å². The number of rotatable bonds is 3. The zero-order valence-electron chi connectivity index (χ0n) is 12.3. The summed E-state index contributed by atoms with van der Waals surface area (Å²) in [4.78, 5) is 13.8. The van der Waals surface area contributed by atoms with Gasteiger partial charge in [0.2, 0.25) is 0 Å². The van der Waals surface area contributed by atoms with E-state index in [4.69, 9.17) is 10.5 Å². The van der Waals surface area contributed by atoms with Gasteiger partial charge >= 0.3 is 0 Å². The number of nitrogens with two attached hydrogens (primary N) is 1. The van der Waals surface area contributed by atoms with Gasteiger partial charge in [-0.2, -0.15) is 5.10 Å². The lowest BCUT2D eigenvalue weighted by Crippen LogP contribution is -2.35. The van der Waals surface area contributed by atoms with Crippen LogP contribution in [0.1, 0.15) is 34.6 Å². The third kappa shape index (κ3) is 2.63. The smallest absolute Gasteiger partial charge is 0.263 e. The molecular formula is C14H20N4O2S. The van der Waals surface area contributed by atoms with Gasteiger partial charge in [-0.1, -0.05) is 0 Å². The van der Waals surface area contributed by atoms with Crippen LogP contribution in [0.5, 0.6) is 0 Å². The Morgan fingerprint density at radius 2 is 2.38 bits per heavy atom. The molecule has 6 nitrogen and oxygen atoms in total. The first-order valence-electron chi connectivity index (χ1n) is 7.19. The summed E-state index contributed by atoms with van der Waals surface area (Å²) < 4.78 is 7.39. The van der Waals surface area contributed by atoms with Gasteiger partial charge in [0.15, 0.2) is 0 Å². The van der Waals surface area contributed by atoms with E-state index in [-0.39, 0.29) is 12.0 Å². The van der Waals surface area contributed by atoms with E-state index in [1.165, 1.54) is 11.3 Å². The Morgan fingerprint density at radius 1 is 1.57 bits per heavy atom. The summed E-state index contributed by atoms with van der Waals surface area (Å²) in [5.41, 5.74) is 7.52. The van der Waals surface area contributed by atoms with Crippen molar-refractivity contribution >= 4 is 33.1 Å². The van der Waals surface area contributed by atoms with Gasteiger partial charge < -0.3 is 15.8 Å². The maximum atomic E-state index is 12.3. The van der Waals surface area contributed by atoms with Gasteiger partial charge in [-0.3, -0.25) is 9.48 Å². The van der Waals surface area contributed by atoms with Crippen LogP contribution in [0.3, 0.4) is 0 Å². The number of anilines is 1. The number of hydrogen-bond acceptors (Lipinski definition) is 5. The van der Waals surface area contributed by atoms with Crippen LogP contribution in [-0.4, -0.2) is 34.9 Å². The molecule has 0 bridgehead atoms. The number of nitrogen functional groups attached to an aromatic ring is 1. The van der Waals surface area contributed by atoms with Crippen molar-refractivity contribution in [2.24, 2.45) is 7.05 Å². The van der Waals surface area contributed by atoms with E-state index in [2.05, 4.69) is 10.4 Å². The first-order chi connectivity index (χ1) is 10.1. The van der Waals surface area contributed by atoms with Gasteiger partial charge in [0.1, 0.15) is 9.71 Å². The Labute approximate surface area is 127 Å². The number of hydrogen-bond donors (Lipinski definition) is 2. The maximum Gasteiger partial charge on any atom is 0.263 e. The van der Waals surface area contributed by atoms with Crippen LogP contribution in [0.2, 0.25) is 0 Å². The van der Waals surface area contributed by atoms with Crippen LogP contribution in [0, 0.1) is 6.92 Å². The fraction of sp³-hybridized carbons (Fsp3) is 0.571. The maximum absolute atomic E-state index is 12.3. The monoisotopic (exact) mass is 308 g/mol. The van der Waals surface area contributed by atoms with Gasteiger partial charge in [0.05, 0.1) is 22.9 Å². The first-order valence-corrected chi connectivity index (χ1v) is 8.01. The number of carbonyl (C=O) groups is 1. The van der Waals surface area contributed by atoms with Gasteiger partial charge in [-0.15, -0.1) is 11.3 Å². The SMILES string of the molecule is Cc1nn(C)c2sc(C(=O)NCC3CCCCO3)c(N)c12. The number of thiophene rings is 1. The van der Waals surface area contributed by atoms with Crippen molar-refractivity contribution in [1.82, 2.24) is 15.1 Å². The predicted molar refractivity (Wildman–Crippen MR) is 83.7 cm³/mol. The van der Waals surface area contributed by atoms with E-state index in [1.807, 2.05) is 14.0 Å². The van der Waals surface area contributed by atoms with Crippen molar-refractivity contribution in [3.8, 4) is 0 Å². The Balaban J connectivity index is 1.75. The zero-order chi connectivity index (χ0) is 15.0. The summed E-state index contributed by atoms with van der Waals surface area (Å²) >= 11 is 1.39. The molecule has 0 aromatic carbocycles. The van der Waals surface area contributed by atoms with Crippen LogP contribution in [0.4, 0.5) is 5.69 Å². The molecule has 1 unspecified atom stereocenters. The fourth-order valence-corrected chi connectivity index (χ4v) is 3.86. The molecule has 1 atom stereocenters. The molecule has 7 heteroatoms. The third-order valence-corrected chi connectivity index (χ3v) is 5.12. The minimum Gasteiger partial charge on any atom is -0.397 e. The largest absolute Gasteiger partial charge is 0.397 e. The van der Waals surface area contributed by atoms with Crippen LogP contribution in [0.15, 0.2) is 0 Å². The van der Waals surface area contributed by atoms with E-state index in [0.29, 0.717) is 17.1 Å². The van der Waals surface area contributed by atoms with Crippen LogP contribution in [-0.2, 0) is 11.8 Å². The third-order valence-electron chi connectivity index (χ3n) is 3.85. The van der Waals surface area contributed by atoms with Gasteiger partial charge in [0, 0.05) is 20.2 Å². The van der Waals surface area contributed by atoms with Crippen molar-refractivity contribution in [1.29, 1.82) is 0 Å². The minimum atomic E-state index is -0.123. The second-order valence-corrected chi connectivity index (χ2v) is 6.43. The lowest BCUT2D eigenvalue weighted by atomic mass is 10.1. The number of aryl methyl sites for hydroxylation is 2. The molecule has 1 amide bonds. The van der Waals surface area contributed by atoms with E-state index in [0.717, 1.165) is 41.8 Å². The van der Waals surface area contributed by atoms with Gasteiger partial charge in [0.25, 0.3) is 5.91 Å². The molecule has 1 aliphatic rings. The molecular weight excluding hydrogens is 288 g/mol. The average Bonchev–Trinajstić information content (AvgIpc) is 2.97. The highest BCUT2D eigenvalue weighted by atomic mass is 32.1. The Bertz CT molecular complexity index is 670. The molecule has 0 aliphatic carbocycles. The summed E-state index contributed by atoms with van der Waals surface area (Å²) in [6, 6.07) is 0. The van der Waals surface area contributed by atoms with E-state index in [9.17, 15) is 4.79 Å². The fourth-order valence-electron chi connectivity index (χ4n) is 2.75. The quantitative estimate of drug-likeness (QED) is 0.906. The number of fused-ring (bicyclic) bond motifs is 1. The standard InChI is InChI=1S/C14H20N4O2S/c1-8-10-11(15)12(21-14(10)18(2)17-8)13(19)16-7-9-5-3-4-6-20-9/h9H,3-7,15H2,1-2H3,(H,16,19). The average molecular weight is 308 g/mol. The summed E-state index contributed by atoms with van der Waals surface area (Å²) in [6.45, 7) is 3.24. The first kappa shape index (κ1) is 14.3. The van der Waals surface area contributed by atoms with Crippen molar-refractivity contribution in [2.75, 3.05) is 18.9 Å². The summed E-state index contributed by atoms with van der Waals surface area (Å²) in [5, 5.41) is 8.15. The normalized spacial score (nSPS) is 19.0. The number of nitrogens with one attached hydrogen (secondary N) is 1. The molecule has 3 N–H and O–H groups in total. The molecule has 0 spiro atoms. The molecule has 0 saturated carbocycles. The molecule has 114 valence electrons. The highest BCUT2D eigenvalue weighted by Gasteiger charge is 2.22. The Hall–Kier alpha value is -1.60. The number of aromatic nitrogens is 2. The highest BCUT2D eigenvalue weighted by molar-refractivity contribution is 7.21. The van der Waals surface area contributed by atoms with E-state index in [1.54, 1.807) is 4.68 Å². The van der Waals surface area contributed by atoms with E-state index >= 15 is 0 Å². The summed E-state index contributed by atoms with van der Waals surface area (Å²) in [7, 11) is 1.86. The van der Waals surface area contributed by atoms with Crippen molar-refractivity contribution in [3.63, 3.8) is 0 Å². The molecule has 3 heterocycles. The molecule has 1 aliphatic heterocycles. The molecule has 1 saturated heterocycles. The minimum absolute atomic E-state index is 0.123. The summed E-state index contributed by atoms with van der Waals surface area (Å²) in [6.07, 6.45) is 3.41. The van der Waals surface area contributed by atoms with E-state index < -0.39 is 0 Å². The molecule has 21 heavy (non-hydrogen) atoms. The topological polar surface area (TPSA) is 82.2 Å². The van der Waals surface area contributed by atoms with Crippen molar-refractivity contribution < 1.29 is 9.53 Å². The lowest BCUT2D eigenvalue weighted by molar-refractivity contribution is 0.0169.